The van der Waals surface area contributed by atoms with Gasteiger partial charge in [-0.25, -0.2) is 0 Å². The number of hydrogen-bond acceptors (Lipinski definition) is 3. The first-order valence-electron chi connectivity index (χ1n) is 6.67. The lowest BCUT2D eigenvalue weighted by atomic mass is 9.82. The van der Waals surface area contributed by atoms with Gasteiger partial charge in [-0.15, -0.1) is 0 Å². The van der Waals surface area contributed by atoms with Crippen molar-refractivity contribution in [3.63, 3.8) is 0 Å². The van der Waals surface area contributed by atoms with Gasteiger partial charge in [0.15, 0.2) is 0 Å². The quantitative estimate of drug-likeness (QED) is 0.905. The highest BCUT2D eigenvalue weighted by atomic mass is 79.9. The Bertz CT molecular complexity index is 411. The molecule has 0 aliphatic carbocycles. The topological polar surface area (TPSA) is 53.1 Å². The molecule has 5 heteroatoms. The normalized spacial score (nSPS) is 23.8. The number of aryl methyl sites for hydroxylation is 2. The Morgan fingerprint density at radius 1 is 1.50 bits per heavy atom. The van der Waals surface area contributed by atoms with Crippen molar-refractivity contribution < 1.29 is 4.74 Å². The zero-order valence-electron chi connectivity index (χ0n) is 11.2. The van der Waals surface area contributed by atoms with Crippen LogP contribution in [0.3, 0.4) is 0 Å². The summed E-state index contributed by atoms with van der Waals surface area (Å²) in [7, 11) is 0. The van der Waals surface area contributed by atoms with E-state index >= 15 is 0 Å². The van der Waals surface area contributed by atoms with Crippen LogP contribution in [0.4, 0.5) is 0 Å². The van der Waals surface area contributed by atoms with Crippen LogP contribution in [0.2, 0.25) is 0 Å². The second-order valence-corrected chi connectivity index (χ2v) is 5.85. The van der Waals surface area contributed by atoms with E-state index in [1.165, 1.54) is 5.69 Å². The van der Waals surface area contributed by atoms with Crippen LogP contribution in [-0.4, -0.2) is 29.5 Å². The summed E-state index contributed by atoms with van der Waals surface area (Å²) in [5.41, 5.74) is 8.48. The maximum absolute atomic E-state index is 5.97. The van der Waals surface area contributed by atoms with Gasteiger partial charge in [0.2, 0.25) is 0 Å². The lowest BCUT2D eigenvalue weighted by Crippen LogP contribution is -2.34. The van der Waals surface area contributed by atoms with Gasteiger partial charge >= 0.3 is 0 Å². The van der Waals surface area contributed by atoms with Gasteiger partial charge in [0, 0.05) is 25.1 Å². The number of nitrogens with zero attached hydrogens (tertiary/aromatic N) is 2. The van der Waals surface area contributed by atoms with Crippen molar-refractivity contribution >= 4 is 15.9 Å². The van der Waals surface area contributed by atoms with Crippen molar-refractivity contribution in [2.75, 3.05) is 19.8 Å². The van der Waals surface area contributed by atoms with E-state index in [0.29, 0.717) is 6.54 Å². The van der Waals surface area contributed by atoms with Gasteiger partial charge in [0.05, 0.1) is 22.5 Å². The van der Waals surface area contributed by atoms with E-state index in [2.05, 4.69) is 39.6 Å². The van der Waals surface area contributed by atoms with Gasteiger partial charge in [-0.2, -0.15) is 5.10 Å². The first-order valence-corrected chi connectivity index (χ1v) is 7.47. The molecule has 0 radical (unpaired) electrons. The lowest BCUT2D eigenvalue weighted by Gasteiger charge is -2.25. The van der Waals surface area contributed by atoms with Crippen LogP contribution in [0.25, 0.3) is 0 Å². The van der Waals surface area contributed by atoms with E-state index in [4.69, 9.17) is 10.5 Å². The molecule has 1 aliphatic rings. The molecule has 2 heterocycles. The van der Waals surface area contributed by atoms with Gasteiger partial charge in [0.1, 0.15) is 0 Å². The average molecular weight is 316 g/mol. The first-order chi connectivity index (χ1) is 8.65. The second kappa shape index (κ2) is 5.72. The number of ether oxygens (including phenoxy) is 1. The molecule has 0 aromatic carbocycles. The van der Waals surface area contributed by atoms with Crippen molar-refractivity contribution in [3.8, 4) is 0 Å². The molecule has 1 atom stereocenters. The number of halogens is 1. The first kappa shape index (κ1) is 14.0. The Balaban J connectivity index is 2.29. The molecule has 102 valence electrons. The predicted octanol–water partition coefficient (Wildman–Crippen LogP) is 2.14. The Morgan fingerprint density at radius 2 is 2.28 bits per heavy atom. The zero-order chi connectivity index (χ0) is 13.2. The fourth-order valence-electron chi connectivity index (χ4n) is 2.56. The molecule has 1 aromatic rings. The third-order valence-corrected chi connectivity index (χ3v) is 4.77. The Kier molecular flexibility index (Phi) is 4.45. The van der Waals surface area contributed by atoms with Crippen LogP contribution in [0.15, 0.2) is 4.47 Å². The minimum Gasteiger partial charge on any atom is -0.381 e. The molecular formula is C13H22BrN3O. The molecule has 1 aliphatic heterocycles. The summed E-state index contributed by atoms with van der Waals surface area (Å²) in [5, 5.41) is 4.64. The van der Waals surface area contributed by atoms with Gasteiger partial charge in [-0.1, -0.05) is 6.92 Å². The fraction of sp³-hybridized carbons (Fsp3) is 0.769. The minimum atomic E-state index is 0.0977. The summed E-state index contributed by atoms with van der Waals surface area (Å²) in [6.07, 6.45) is 2.95. The maximum atomic E-state index is 5.97. The van der Waals surface area contributed by atoms with E-state index < -0.39 is 0 Å². The molecule has 1 fully saturated rings. The molecule has 1 aromatic heterocycles. The molecular weight excluding hydrogens is 294 g/mol. The van der Waals surface area contributed by atoms with Crippen LogP contribution < -0.4 is 5.73 Å². The Labute approximate surface area is 117 Å². The standard InChI is InChI=1S/C13H22BrN3O/c1-3-10-12(14)11(17(4-2)16-10)7-13(8-15)5-6-18-9-13/h3-9,15H2,1-2H3. The lowest BCUT2D eigenvalue weighted by molar-refractivity contribution is 0.153. The summed E-state index contributed by atoms with van der Waals surface area (Å²) in [6, 6.07) is 0. The number of nitrogens with two attached hydrogens (primary N) is 1. The third kappa shape index (κ3) is 2.49. The van der Waals surface area contributed by atoms with E-state index in [1.54, 1.807) is 0 Å². The summed E-state index contributed by atoms with van der Waals surface area (Å²) in [4.78, 5) is 0. The molecule has 1 saturated heterocycles. The summed E-state index contributed by atoms with van der Waals surface area (Å²) in [5.74, 6) is 0. The SMILES string of the molecule is CCc1nn(CC)c(CC2(CN)CCOC2)c1Br. The van der Waals surface area contributed by atoms with E-state index in [0.717, 1.165) is 49.2 Å². The molecule has 2 N–H and O–H groups in total. The molecule has 18 heavy (non-hydrogen) atoms. The van der Waals surface area contributed by atoms with Crippen LogP contribution >= 0.6 is 15.9 Å². The van der Waals surface area contributed by atoms with E-state index in [1.807, 2.05) is 0 Å². The Morgan fingerprint density at radius 3 is 2.78 bits per heavy atom. The highest BCUT2D eigenvalue weighted by Crippen LogP contribution is 2.35. The summed E-state index contributed by atoms with van der Waals surface area (Å²) in [6.45, 7) is 7.43. The maximum Gasteiger partial charge on any atom is 0.0766 e. The summed E-state index contributed by atoms with van der Waals surface area (Å²) < 4.78 is 8.80. The fourth-order valence-corrected chi connectivity index (χ4v) is 3.27. The predicted molar refractivity (Wildman–Crippen MR) is 75.6 cm³/mol. The molecule has 1 unspecified atom stereocenters. The zero-order valence-corrected chi connectivity index (χ0v) is 12.8. The molecule has 0 saturated carbocycles. The van der Waals surface area contributed by atoms with Crippen molar-refractivity contribution in [2.24, 2.45) is 11.1 Å². The smallest absolute Gasteiger partial charge is 0.0766 e. The van der Waals surface area contributed by atoms with Gasteiger partial charge in [0.25, 0.3) is 0 Å². The monoisotopic (exact) mass is 315 g/mol. The van der Waals surface area contributed by atoms with Crippen LogP contribution in [-0.2, 0) is 24.1 Å². The average Bonchev–Trinajstić information content (AvgIpc) is 2.97. The molecule has 0 amide bonds. The van der Waals surface area contributed by atoms with Crippen LogP contribution in [0, 0.1) is 5.41 Å². The summed E-state index contributed by atoms with van der Waals surface area (Å²) >= 11 is 3.70. The molecule has 0 spiro atoms. The van der Waals surface area contributed by atoms with Gasteiger partial charge in [-0.3, -0.25) is 4.68 Å². The molecule has 4 nitrogen and oxygen atoms in total. The highest BCUT2D eigenvalue weighted by molar-refractivity contribution is 9.10. The van der Waals surface area contributed by atoms with Gasteiger partial charge < -0.3 is 10.5 Å². The number of aromatic nitrogens is 2. The minimum absolute atomic E-state index is 0.0977. The molecule has 2 rings (SSSR count). The largest absolute Gasteiger partial charge is 0.381 e. The highest BCUT2D eigenvalue weighted by Gasteiger charge is 2.35. The van der Waals surface area contributed by atoms with E-state index in [9.17, 15) is 0 Å². The molecule has 0 bridgehead atoms. The third-order valence-electron chi connectivity index (χ3n) is 3.85. The van der Waals surface area contributed by atoms with E-state index in [-0.39, 0.29) is 5.41 Å². The second-order valence-electron chi connectivity index (χ2n) is 5.06. The Hall–Kier alpha value is -0.390. The van der Waals surface area contributed by atoms with Crippen molar-refractivity contribution in [3.05, 3.63) is 15.9 Å². The number of rotatable bonds is 5. The van der Waals surface area contributed by atoms with Crippen molar-refractivity contribution in [1.82, 2.24) is 9.78 Å². The van der Waals surface area contributed by atoms with Crippen LogP contribution in [0.5, 0.6) is 0 Å². The van der Waals surface area contributed by atoms with Gasteiger partial charge in [-0.05, 0) is 42.1 Å². The van der Waals surface area contributed by atoms with Crippen molar-refractivity contribution in [2.45, 2.75) is 39.7 Å². The van der Waals surface area contributed by atoms with Crippen molar-refractivity contribution in [1.29, 1.82) is 0 Å². The van der Waals surface area contributed by atoms with Crippen LogP contribution in [0.1, 0.15) is 31.7 Å². The number of hydrogen-bond donors (Lipinski definition) is 1.